The number of hydrogen-bond acceptors (Lipinski definition) is 5. The zero-order valence-corrected chi connectivity index (χ0v) is 17.4. The summed E-state index contributed by atoms with van der Waals surface area (Å²) in [5, 5.41) is 17.3. The third-order valence-electron chi connectivity index (χ3n) is 5.19. The van der Waals surface area contributed by atoms with Crippen molar-refractivity contribution < 1.29 is 13.7 Å². The van der Waals surface area contributed by atoms with Gasteiger partial charge in [0.2, 0.25) is 4.80 Å². The van der Waals surface area contributed by atoms with Crippen molar-refractivity contribution in [2.45, 2.75) is 38.1 Å². The highest BCUT2D eigenvalue weighted by atomic mass is 32.1. The van der Waals surface area contributed by atoms with Crippen LogP contribution in [0.15, 0.2) is 57.9 Å². The van der Waals surface area contributed by atoms with E-state index in [9.17, 15) is 18.9 Å². The zero-order valence-electron chi connectivity index (χ0n) is 16.6. The average Bonchev–Trinajstić information content (AvgIpc) is 3.17. The van der Waals surface area contributed by atoms with Crippen LogP contribution in [0.1, 0.15) is 37.7 Å². The third kappa shape index (κ3) is 4.93. The first-order chi connectivity index (χ1) is 15.0. The fourth-order valence-corrected chi connectivity index (χ4v) is 4.44. The molecule has 31 heavy (non-hydrogen) atoms. The fraction of sp³-hybridized carbons (Fsp3) is 0.273. The number of benzene rings is 2. The summed E-state index contributed by atoms with van der Waals surface area (Å²) in [5.74, 6) is -1.86. The molecule has 0 atom stereocenters. The summed E-state index contributed by atoms with van der Waals surface area (Å²) in [6.45, 7) is 0. The van der Waals surface area contributed by atoms with Gasteiger partial charge in [0.1, 0.15) is 0 Å². The van der Waals surface area contributed by atoms with E-state index in [1.54, 1.807) is 16.8 Å². The monoisotopic (exact) mass is 442 g/mol. The van der Waals surface area contributed by atoms with Crippen molar-refractivity contribution in [3.05, 3.63) is 80.0 Å². The van der Waals surface area contributed by atoms with E-state index in [2.05, 4.69) is 5.10 Å². The van der Waals surface area contributed by atoms with E-state index in [-0.39, 0.29) is 11.7 Å². The molecule has 1 fully saturated rings. The minimum Gasteiger partial charge on any atom is -0.258 e. The highest BCUT2D eigenvalue weighted by Gasteiger charge is 2.15. The first kappa shape index (κ1) is 21.0. The summed E-state index contributed by atoms with van der Waals surface area (Å²) in [4.78, 5) is 16.1. The Bertz CT molecular complexity index is 1180. The Kier molecular flexibility index (Phi) is 6.31. The zero-order chi connectivity index (χ0) is 21.8. The summed E-state index contributed by atoms with van der Waals surface area (Å²) in [5.41, 5.74) is 1.88. The predicted octanol–water partition coefficient (Wildman–Crippen LogP) is 5.52. The molecule has 1 aliphatic carbocycles. The van der Waals surface area contributed by atoms with E-state index in [0.717, 1.165) is 43.4 Å². The van der Waals surface area contributed by atoms with Crippen LogP contribution < -0.4 is 4.80 Å². The largest absolute Gasteiger partial charge is 0.269 e. The molecular formula is C22H20F2N4O2S. The number of nitro benzene ring substituents is 1. The molecular weight excluding hydrogens is 422 g/mol. The van der Waals surface area contributed by atoms with Crippen molar-refractivity contribution in [1.82, 2.24) is 4.68 Å². The van der Waals surface area contributed by atoms with Crippen molar-refractivity contribution in [3.63, 3.8) is 0 Å². The highest BCUT2D eigenvalue weighted by molar-refractivity contribution is 7.07. The molecule has 1 aromatic heterocycles. The first-order valence-corrected chi connectivity index (χ1v) is 10.9. The van der Waals surface area contributed by atoms with Gasteiger partial charge in [-0.2, -0.15) is 5.10 Å². The smallest absolute Gasteiger partial charge is 0.258 e. The molecule has 1 aliphatic rings. The van der Waals surface area contributed by atoms with Crippen LogP contribution in [0, 0.1) is 21.7 Å². The van der Waals surface area contributed by atoms with Gasteiger partial charge in [-0.1, -0.05) is 25.3 Å². The topological polar surface area (TPSA) is 72.8 Å². The summed E-state index contributed by atoms with van der Waals surface area (Å²) in [6, 6.07) is 10.00. The SMILES string of the molecule is O=[N+]([O-])c1ccc(-c2csc(=NC3CCCCC3)n2N=Cc2ccc(F)c(F)c2)cc1. The predicted molar refractivity (Wildman–Crippen MR) is 116 cm³/mol. The average molecular weight is 442 g/mol. The van der Waals surface area contributed by atoms with Crippen LogP contribution in [-0.2, 0) is 0 Å². The van der Waals surface area contributed by atoms with Crippen LogP contribution in [0.3, 0.4) is 0 Å². The van der Waals surface area contributed by atoms with E-state index in [1.807, 2.05) is 5.38 Å². The van der Waals surface area contributed by atoms with Crippen molar-refractivity contribution >= 4 is 23.2 Å². The fourth-order valence-electron chi connectivity index (χ4n) is 3.54. The maximum absolute atomic E-state index is 13.6. The van der Waals surface area contributed by atoms with Gasteiger partial charge < -0.3 is 0 Å². The molecule has 2 aromatic carbocycles. The van der Waals surface area contributed by atoms with E-state index >= 15 is 0 Å². The van der Waals surface area contributed by atoms with Crippen LogP contribution in [0.5, 0.6) is 0 Å². The molecule has 0 N–H and O–H groups in total. The van der Waals surface area contributed by atoms with Gasteiger partial charge in [0, 0.05) is 23.1 Å². The molecule has 4 rings (SSSR count). The van der Waals surface area contributed by atoms with Gasteiger partial charge >= 0.3 is 0 Å². The number of aromatic nitrogens is 1. The molecule has 0 aliphatic heterocycles. The van der Waals surface area contributed by atoms with Gasteiger partial charge in [-0.3, -0.25) is 15.1 Å². The number of non-ortho nitro benzene ring substituents is 1. The molecule has 0 radical (unpaired) electrons. The van der Waals surface area contributed by atoms with Crippen LogP contribution in [0.25, 0.3) is 11.3 Å². The second-order valence-corrected chi connectivity index (χ2v) is 8.19. The lowest BCUT2D eigenvalue weighted by molar-refractivity contribution is -0.384. The third-order valence-corrected chi connectivity index (χ3v) is 6.02. The molecule has 0 bridgehead atoms. The van der Waals surface area contributed by atoms with Crippen molar-refractivity contribution in [1.29, 1.82) is 0 Å². The van der Waals surface area contributed by atoms with E-state index in [1.165, 1.54) is 42.2 Å². The summed E-state index contributed by atoms with van der Waals surface area (Å²) < 4.78 is 28.4. The second-order valence-electron chi connectivity index (χ2n) is 7.36. The molecule has 1 saturated carbocycles. The Morgan fingerprint density at radius 1 is 1.06 bits per heavy atom. The lowest BCUT2D eigenvalue weighted by Crippen LogP contribution is -2.19. The van der Waals surface area contributed by atoms with Crippen LogP contribution in [0.4, 0.5) is 14.5 Å². The molecule has 160 valence electrons. The molecule has 3 aromatic rings. The normalized spacial score (nSPS) is 15.6. The number of thiazole rings is 1. The van der Waals surface area contributed by atoms with Crippen LogP contribution in [0.2, 0.25) is 0 Å². The highest BCUT2D eigenvalue weighted by Crippen LogP contribution is 2.24. The second kappa shape index (κ2) is 9.30. The molecule has 0 spiro atoms. The number of halogens is 2. The van der Waals surface area contributed by atoms with Gasteiger partial charge in [0.05, 0.1) is 22.9 Å². The standard InChI is InChI=1S/C22H20F2N4O2S/c23-19-11-6-15(12-20(19)24)13-25-27-21(16-7-9-18(10-8-16)28(29)30)14-31-22(27)26-17-4-2-1-3-5-17/h6-14,17H,1-5H2. The quantitative estimate of drug-likeness (QED) is 0.297. The molecule has 0 saturated heterocycles. The van der Waals surface area contributed by atoms with Crippen LogP contribution >= 0.6 is 11.3 Å². The van der Waals surface area contributed by atoms with Gasteiger partial charge in [0.25, 0.3) is 5.69 Å². The van der Waals surface area contributed by atoms with E-state index < -0.39 is 16.6 Å². The van der Waals surface area contributed by atoms with Gasteiger partial charge in [-0.15, -0.1) is 11.3 Å². The Hall–Kier alpha value is -3.20. The minimum atomic E-state index is -0.943. The molecule has 0 amide bonds. The first-order valence-electron chi connectivity index (χ1n) is 10.00. The number of nitro groups is 1. The Labute approximate surface area is 181 Å². The summed E-state index contributed by atoms with van der Waals surface area (Å²) in [7, 11) is 0. The Balaban J connectivity index is 1.75. The van der Waals surface area contributed by atoms with Crippen molar-refractivity contribution in [2.75, 3.05) is 0 Å². The molecule has 6 nitrogen and oxygen atoms in total. The number of rotatable bonds is 5. The number of nitrogens with zero attached hydrogens (tertiary/aromatic N) is 4. The van der Waals surface area contributed by atoms with Crippen molar-refractivity contribution in [2.24, 2.45) is 10.1 Å². The molecule has 0 unspecified atom stereocenters. The molecule has 1 heterocycles. The van der Waals surface area contributed by atoms with E-state index in [0.29, 0.717) is 16.1 Å². The van der Waals surface area contributed by atoms with Gasteiger partial charge in [-0.25, -0.2) is 13.5 Å². The number of hydrogen-bond donors (Lipinski definition) is 0. The lowest BCUT2D eigenvalue weighted by Gasteiger charge is -2.16. The maximum Gasteiger partial charge on any atom is 0.269 e. The summed E-state index contributed by atoms with van der Waals surface area (Å²) in [6.07, 6.45) is 7.01. The van der Waals surface area contributed by atoms with Gasteiger partial charge in [-0.05, 0) is 42.7 Å². The Morgan fingerprint density at radius 3 is 2.48 bits per heavy atom. The maximum atomic E-state index is 13.6. The minimum absolute atomic E-state index is 0.00272. The van der Waals surface area contributed by atoms with E-state index in [4.69, 9.17) is 4.99 Å². The molecule has 9 heteroatoms. The summed E-state index contributed by atoms with van der Waals surface area (Å²) >= 11 is 1.43. The van der Waals surface area contributed by atoms with Crippen molar-refractivity contribution in [3.8, 4) is 11.3 Å². The Morgan fingerprint density at radius 2 is 1.81 bits per heavy atom. The van der Waals surface area contributed by atoms with Crippen LogP contribution in [-0.4, -0.2) is 21.9 Å². The lowest BCUT2D eigenvalue weighted by atomic mass is 9.96. The van der Waals surface area contributed by atoms with Gasteiger partial charge in [0.15, 0.2) is 11.6 Å².